The van der Waals surface area contributed by atoms with Crippen LogP contribution in [-0.4, -0.2) is 43.8 Å². The predicted molar refractivity (Wildman–Crippen MR) is 113 cm³/mol. The lowest BCUT2D eigenvalue weighted by molar-refractivity contribution is -0.107. The van der Waals surface area contributed by atoms with Gasteiger partial charge in [-0.1, -0.05) is 35.9 Å². The van der Waals surface area contributed by atoms with E-state index in [1.165, 1.54) is 0 Å². The van der Waals surface area contributed by atoms with E-state index in [-0.39, 0.29) is 24.2 Å². The highest BCUT2D eigenvalue weighted by atomic mass is 35.5. The van der Waals surface area contributed by atoms with Crippen molar-refractivity contribution in [1.82, 2.24) is 4.31 Å². The van der Waals surface area contributed by atoms with E-state index in [4.69, 9.17) is 16.9 Å². The summed E-state index contributed by atoms with van der Waals surface area (Å²) in [5.41, 5.74) is 3.01. The molecule has 10 heteroatoms. The third kappa shape index (κ3) is 5.70. The zero-order chi connectivity index (χ0) is 22.8. The Morgan fingerprint density at radius 2 is 1.97 bits per heavy atom. The highest BCUT2D eigenvalue weighted by Gasteiger charge is 2.42. The molecule has 3 rings (SSSR count). The lowest BCUT2D eigenvalue weighted by Gasteiger charge is -2.32. The lowest BCUT2D eigenvalue weighted by Crippen LogP contribution is -2.41. The van der Waals surface area contributed by atoms with E-state index in [1.54, 1.807) is 18.2 Å². The van der Waals surface area contributed by atoms with Crippen molar-refractivity contribution in [3.8, 4) is 6.07 Å². The van der Waals surface area contributed by atoms with Crippen molar-refractivity contribution in [2.24, 2.45) is 0 Å². The first kappa shape index (κ1) is 23.4. The van der Waals surface area contributed by atoms with Crippen LogP contribution in [0.5, 0.6) is 0 Å². The second-order valence-electron chi connectivity index (χ2n) is 7.50. The second-order valence-corrected chi connectivity index (χ2v) is 9.88. The minimum absolute atomic E-state index is 0.0113. The van der Waals surface area contributed by atoms with Crippen molar-refractivity contribution < 1.29 is 21.6 Å². The maximum atomic E-state index is 12.7. The Balaban J connectivity index is 1.91. The van der Waals surface area contributed by atoms with Gasteiger partial charge in [-0.05, 0) is 42.7 Å². The van der Waals surface area contributed by atoms with Gasteiger partial charge in [0.25, 0.3) is 0 Å². The highest BCUT2D eigenvalue weighted by Crippen LogP contribution is 2.31. The summed E-state index contributed by atoms with van der Waals surface area (Å²) in [6.45, 7) is 2.33. The molecule has 1 fully saturated rings. The molecule has 0 aliphatic carbocycles. The number of nitrogens with zero attached hydrogens (tertiary/aromatic N) is 3. The van der Waals surface area contributed by atoms with Gasteiger partial charge in [0.1, 0.15) is 6.07 Å². The minimum atomic E-state index is -4.79. The fourth-order valence-corrected chi connectivity index (χ4v) is 5.29. The van der Waals surface area contributed by atoms with Crippen LogP contribution in [0.15, 0.2) is 42.5 Å². The molecular formula is C21H21ClF3N3O2S. The maximum absolute atomic E-state index is 12.7. The third-order valence-corrected chi connectivity index (χ3v) is 7.44. The Morgan fingerprint density at radius 1 is 1.26 bits per heavy atom. The Morgan fingerprint density at radius 3 is 2.58 bits per heavy atom. The number of aryl methyl sites for hydroxylation is 1. The van der Waals surface area contributed by atoms with E-state index in [9.17, 15) is 21.6 Å². The van der Waals surface area contributed by atoms with Gasteiger partial charge in [-0.2, -0.15) is 22.7 Å². The Bertz CT molecular complexity index is 1100. The van der Waals surface area contributed by atoms with Gasteiger partial charge < -0.3 is 4.90 Å². The van der Waals surface area contributed by atoms with E-state index < -0.39 is 22.0 Å². The Hall–Kier alpha value is -2.28. The number of sulfonamides is 1. The van der Waals surface area contributed by atoms with E-state index in [0.717, 1.165) is 15.4 Å². The van der Waals surface area contributed by atoms with Crippen LogP contribution in [0.3, 0.4) is 0 Å². The molecule has 31 heavy (non-hydrogen) atoms. The van der Waals surface area contributed by atoms with Crippen LogP contribution in [0.1, 0.15) is 23.1 Å². The number of hydrogen-bond donors (Lipinski definition) is 0. The fraction of sp³-hybridized carbons (Fsp3) is 0.381. The topological polar surface area (TPSA) is 64.4 Å². The van der Waals surface area contributed by atoms with Crippen molar-refractivity contribution in [2.45, 2.75) is 32.1 Å². The summed E-state index contributed by atoms with van der Waals surface area (Å²) in [6.07, 6.45) is -4.42. The smallest absolute Gasteiger partial charge is 0.363 e. The molecule has 1 saturated heterocycles. The number of benzene rings is 2. The molecule has 1 atom stereocenters. The predicted octanol–water partition coefficient (Wildman–Crippen LogP) is 4.49. The van der Waals surface area contributed by atoms with Gasteiger partial charge in [0.2, 0.25) is 10.0 Å². The van der Waals surface area contributed by atoms with Crippen LogP contribution < -0.4 is 4.90 Å². The van der Waals surface area contributed by atoms with Crippen molar-refractivity contribution in [3.63, 3.8) is 0 Å². The van der Waals surface area contributed by atoms with E-state index in [2.05, 4.69) is 0 Å². The fourth-order valence-electron chi connectivity index (χ4n) is 3.69. The summed E-state index contributed by atoms with van der Waals surface area (Å²) >= 11 is 6.21. The summed E-state index contributed by atoms with van der Waals surface area (Å²) in [6, 6.07) is 14.3. The van der Waals surface area contributed by atoms with Gasteiger partial charge in [0.15, 0.2) is 5.75 Å². The molecular weight excluding hydrogens is 451 g/mol. The summed E-state index contributed by atoms with van der Waals surface area (Å²) < 4.78 is 63.5. The molecule has 1 heterocycles. The van der Waals surface area contributed by atoms with Crippen LogP contribution in [0.2, 0.25) is 5.02 Å². The maximum Gasteiger partial charge on any atom is 0.404 e. The standard InChI is InChI=1S/C21H21ClF3N3O2S/c1-15-4-2-3-5-17(15)12-28(18-7-6-16(11-26)20(22)10-18)19-8-9-27(13-19)31(29,30)14-21(23,24)25/h2-7,10,19H,8-9,12-14H2,1H3/t19-/m0/s1. The molecule has 0 radical (unpaired) electrons. The van der Waals surface area contributed by atoms with Crippen molar-refractivity contribution in [2.75, 3.05) is 23.7 Å². The molecule has 0 unspecified atom stereocenters. The van der Waals surface area contributed by atoms with Gasteiger partial charge in [-0.15, -0.1) is 0 Å². The summed E-state index contributed by atoms with van der Waals surface area (Å²) in [7, 11) is -4.45. The molecule has 0 bridgehead atoms. The average Bonchev–Trinajstić information content (AvgIpc) is 3.16. The number of nitriles is 1. The zero-order valence-corrected chi connectivity index (χ0v) is 18.3. The monoisotopic (exact) mass is 471 g/mol. The summed E-state index contributed by atoms with van der Waals surface area (Å²) in [5.74, 6) is -1.87. The van der Waals surface area contributed by atoms with Gasteiger partial charge in [-0.25, -0.2) is 8.42 Å². The summed E-state index contributed by atoms with van der Waals surface area (Å²) in [4.78, 5) is 1.94. The van der Waals surface area contributed by atoms with Gasteiger partial charge >= 0.3 is 6.18 Å². The van der Waals surface area contributed by atoms with Crippen molar-refractivity contribution in [3.05, 3.63) is 64.2 Å². The first-order valence-electron chi connectivity index (χ1n) is 9.55. The van der Waals surface area contributed by atoms with Gasteiger partial charge in [-0.3, -0.25) is 0 Å². The van der Waals surface area contributed by atoms with Crippen LogP contribution >= 0.6 is 11.6 Å². The molecule has 2 aromatic carbocycles. The first-order chi connectivity index (χ1) is 14.5. The zero-order valence-electron chi connectivity index (χ0n) is 16.7. The number of rotatable bonds is 6. The van der Waals surface area contributed by atoms with Gasteiger partial charge in [0.05, 0.1) is 10.6 Å². The van der Waals surface area contributed by atoms with E-state index >= 15 is 0 Å². The highest BCUT2D eigenvalue weighted by molar-refractivity contribution is 7.89. The molecule has 166 valence electrons. The average molecular weight is 472 g/mol. The molecule has 5 nitrogen and oxygen atoms in total. The molecule has 2 aromatic rings. The molecule has 1 aliphatic heterocycles. The Kier molecular flexibility index (Phi) is 6.84. The molecule has 0 amide bonds. The summed E-state index contributed by atoms with van der Waals surface area (Å²) in [5, 5.41) is 9.39. The Labute approximate surface area is 184 Å². The quantitative estimate of drug-likeness (QED) is 0.622. The second kappa shape index (κ2) is 9.07. The van der Waals surface area contributed by atoms with Crippen LogP contribution in [0.25, 0.3) is 0 Å². The van der Waals surface area contributed by atoms with Crippen LogP contribution in [0.4, 0.5) is 18.9 Å². The largest absolute Gasteiger partial charge is 0.404 e. The van der Waals surface area contributed by atoms with Crippen molar-refractivity contribution >= 4 is 27.3 Å². The van der Waals surface area contributed by atoms with E-state index in [0.29, 0.717) is 24.2 Å². The molecule has 0 saturated carbocycles. The number of alkyl halides is 3. The molecule has 0 spiro atoms. The number of halogens is 4. The lowest BCUT2D eigenvalue weighted by atomic mass is 10.1. The van der Waals surface area contributed by atoms with Crippen LogP contribution in [0, 0.1) is 18.3 Å². The van der Waals surface area contributed by atoms with E-state index in [1.807, 2.05) is 42.2 Å². The molecule has 0 N–H and O–H groups in total. The number of hydrogen-bond acceptors (Lipinski definition) is 4. The van der Waals surface area contributed by atoms with Crippen molar-refractivity contribution in [1.29, 1.82) is 5.26 Å². The van der Waals surface area contributed by atoms with Crippen LogP contribution in [-0.2, 0) is 16.6 Å². The minimum Gasteiger partial charge on any atom is -0.363 e. The normalized spacial score (nSPS) is 17.5. The molecule has 0 aromatic heterocycles. The number of anilines is 1. The third-order valence-electron chi connectivity index (χ3n) is 5.31. The molecule has 1 aliphatic rings. The van der Waals surface area contributed by atoms with Gasteiger partial charge in [0, 0.05) is 31.4 Å². The SMILES string of the molecule is Cc1ccccc1CN(c1ccc(C#N)c(Cl)c1)[C@H]1CCN(S(=O)(=O)CC(F)(F)F)C1. The first-order valence-corrected chi connectivity index (χ1v) is 11.5.